The Balaban J connectivity index is -0.0000000221. The molecule has 1 N–H and O–H groups in total. The van der Waals surface area contributed by atoms with Crippen molar-refractivity contribution in [1.29, 1.82) is 0 Å². The molecule has 0 fully saturated rings. The molecule has 0 aromatic heterocycles. The van der Waals surface area contributed by atoms with Gasteiger partial charge in [0, 0.05) is 0 Å². The molecule has 0 spiro atoms. The van der Waals surface area contributed by atoms with Gasteiger partial charge in [0.15, 0.2) is 0 Å². The first kappa shape index (κ1) is 23.2. The van der Waals surface area contributed by atoms with Gasteiger partial charge in [0.25, 0.3) is 0 Å². The Kier molecular flexibility index (Phi) is 31.0. The summed E-state index contributed by atoms with van der Waals surface area (Å²) in [6, 6.07) is 0. The average molecular weight is 178 g/mol. The molecule has 0 bridgehead atoms. The van der Waals surface area contributed by atoms with Crippen molar-refractivity contribution in [3.63, 3.8) is 0 Å². The molecule has 11 heavy (non-hydrogen) atoms. The largest absolute Gasteiger partial charge is 1.00 e. The summed E-state index contributed by atoms with van der Waals surface area (Å²) in [5, 5.41) is 8.52. The molecule has 0 radical (unpaired) electrons. The first-order chi connectivity index (χ1) is 3.91. The summed E-state index contributed by atoms with van der Waals surface area (Å²) < 4.78 is 0. The monoisotopic (exact) mass is 178 g/mol. The van der Waals surface area contributed by atoms with Crippen LogP contribution >= 0.6 is 0 Å². The zero-order valence-corrected chi connectivity index (χ0v) is 12.2. The normalized spacial score (nSPS) is 8.18. The van der Waals surface area contributed by atoms with Gasteiger partial charge in [-0.05, 0) is 20.8 Å². The van der Waals surface area contributed by atoms with Crippen molar-refractivity contribution in [2.45, 2.75) is 46.1 Å². The van der Waals surface area contributed by atoms with Crippen LogP contribution < -0.4 is 70.2 Å². The Morgan fingerprint density at radius 3 is 1.45 bits per heavy atom. The first-order valence-corrected chi connectivity index (χ1v) is 3.43. The summed E-state index contributed by atoms with van der Waals surface area (Å²) in [5.74, 6) is 0. The van der Waals surface area contributed by atoms with Crippen LogP contribution in [0.1, 0.15) is 42.0 Å². The van der Waals surface area contributed by atoms with Crippen LogP contribution in [0.4, 0.5) is 0 Å². The summed E-state index contributed by atoms with van der Waals surface area (Å²) in [5.41, 5.74) is -0.500. The number of hydrogen-bond acceptors (Lipinski definition) is 1. The summed E-state index contributed by atoms with van der Waals surface area (Å²) in [4.78, 5) is 0. The number of rotatable bonds is 1. The van der Waals surface area contributed by atoms with E-state index >= 15 is 0 Å². The fourth-order valence-electron chi connectivity index (χ4n) is 0. The van der Waals surface area contributed by atoms with Crippen molar-refractivity contribution in [3.05, 3.63) is 6.92 Å². The molecule has 0 amide bonds. The predicted molar refractivity (Wildman–Crippen MR) is 43.3 cm³/mol. The third kappa shape index (κ3) is 124. The van der Waals surface area contributed by atoms with Gasteiger partial charge in [0.2, 0.25) is 0 Å². The molecule has 0 aliphatic rings. The van der Waals surface area contributed by atoms with Crippen molar-refractivity contribution >= 4 is 0 Å². The predicted octanol–water partition coefficient (Wildman–Crippen LogP) is -3.48. The molecule has 60 valence electrons. The maximum absolute atomic E-state index is 8.52. The van der Waals surface area contributed by atoms with E-state index in [4.69, 9.17) is 5.11 Å². The van der Waals surface area contributed by atoms with E-state index in [1.807, 2.05) is 0 Å². The SMILES string of the molecule is CC(C)(C)O.[CH2-]CCC.[H-].[K+].[Li+]. The Bertz CT molecular complexity index is 49.5. The number of unbranched alkanes of at least 4 members (excludes halogenated alkanes) is 1. The standard InChI is InChI=1S/C4H10O.C4H9.K.Li.H/c1-4(2,3)5;1-3-4-2;;;/h5H,1-3H3;1,3-4H2,2H3;;;/q;-1;2*+1;-1. The second kappa shape index (κ2) is 14.7. The van der Waals surface area contributed by atoms with Gasteiger partial charge in [-0.2, -0.15) is 6.42 Å². The van der Waals surface area contributed by atoms with E-state index in [0.717, 1.165) is 6.42 Å². The van der Waals surface area contributed by atoms with Crippen molar-refractivity contribution in [2.75, 3.05) is 0 Å². The van der Waals surface area contributed by atoms with E-state index in [-0.39, 0.29) is 71.7 Å². The topological polar surface area (TPSA) is 20.2 Å². The molecule has 0 saturated carbocycles. The van der Waals surface area contributed by atoms with Gasteiger partial charge < -0.3 is 13.5 Å². The van der Waals surface area contributed by atoms with Crippen LogP contribution in [0.15, 0.2) is 0 Å². The van der Waals surface area contributed by atoms with Crippen LogP contribution in [0.25, 0.3) is 0 Å². The molecular formula is C8H20KLiO. The molecule has 1 nitrogen and oxygen atoms in total. The van der Waals surface area contributed by atoms with Gasteiger partial charge in [-0.25, -0.2) is 0 Å². The van der Waals surface area contributed by atoms with Crippen molar-refractivity contribution in [2.24, 2.45) is 0 Å². The fourth-order valence-corrected chi connectivity index (χ4v) is 0. The van der Waals surface area contributed by atoms with Crippen molar-refractivity contribution < 1.29 is 76.8 Å². The van der Waals surface area contributed by atoms with E-state index < -0.39 is 5.60 Å². The maximum Gasteiger partial charge on any atom is 1.00 e. The van der Waals surface area contributed by atoms with E-state index in [2.05, 4.69) is 13.8 Å². The summed E-state index contributed by atoms with van der Waals surface area (Å²) in [7, 11) is 0. The van der Waals surface area contributed by atoms with E-state index in [1.165, 1.54) is 6.42 Å². The zero-order chi connectivity index (χ0) is 7.91. The van der Waals surface area contributed by atoms with Crippen molar-refractivity contribution in [1.82, 2.24) is 0 Å². The van der Waals surface area contributed by atoms with Crippen LogP contribution in [0.3, 0.4) is 0 Å². The first-order valence-electron chi connectivity index (χ1n) is 3.43. The van der Waals surface area contributed by atoms with E-state index in [9.17, 15) is 0 Å². The van der Waals surface area contributed by atoms with Gasteiger partial charge in [0.1, 0.15) is 0 Å². The molecule has 0 aliphatic heterocycles. The summed E-state index contributed by atoms with van der Waals surface area (Å²) in [6.45, 7) is 11.0. The third-order valence-corrected chi connectivity index (χ3v) is 0.354. The van der Waals surface area contributed by atoms with E-state index in [0.29, 0.717) is 0 Å². The fraction of sp³-hybridized carbons (Fsp3) is 0.875. The smallest absolute Gasteiger partial charge is 1.00 e. The van der Waals surface area contributed by atoms with Crippen LogP contribution in [-0.2, 0) is 0 Å². The Morgan fingerprint density at radius 1 is 1.36 bits per heavy atom. The summed E-state index contributed by atoms with van der Waals surface area (Å²) in [6.07, 6.45) is 2.28. The molecular weight excluding hydrogens is 158 g/mol. The molecule has 0 saturated heterocycles. The van der Waals surface area contributed by atoms with Gasteiger partial charge in [0.05, 0.1) is 5.60 Å². The molecule has 0 heterocycles. The minimum Gasteiger partial charge on any atom is -1.00 e. The summed E-state index contributed by atoms with van der Waals surface area (Å²) >= 11 is 0. The minimum absolute atomic E-state index is 0. The van der Waals surface area contributed by atoms with Crippen LogP contribution in [-0.4, -0.2) is 10.7 Å². The Labute approximate surface area is 128 Å². The third-order valence-electron chi connectivity index (χ3n) is 0.354. The quantitative estimate of drug-likeness (QED) is 0.327. The second-order valence-electron chi connectivity index (χ2n) is 3.02. The molecule has 0 atom stereocenters. The van der Waals surface area contributed by atoms with Crippen molar-refractivity contribution in [3.8, 4) is 0 Å². The van der Waals surface area contributed by atoms with Gasteiger partial charge in [-0.3, -0.25) is 0 Å². The second-order valence-corrected chi connectivity index (χ2v) is 3.02. The van der Waals surface area contributed by atoms with Crippen LogP contribution in [0.2, 0.25) is 0 Å². The van der Waals surface area contributed by atoms with E-state index in [1.54, 1.807) is 20.8 Å². The number of hydrogen-bond donors (Lipinski definition) is 1. The number of aliphatic hydroxyl groups is 1. The average Bonchev–Trinajstić information content (AvgIpc) is 1.61. The zero-order valence-electron chi connectivity index (χ0n) is 10.1. The molecule has 0 unspecified atom stereocenters. The van der Waals surface area contributed by atoms with Gasteiger partial charge >= 0.3 is 70.2 Å². The Morgan fingerprint density at radius 2 is 1.45 bits per heavy atom. The van der Waals surface area contributed by atoms with Gasteiger partial charge in [-0.1, -0.05) is 13.3 Å². The molecule has 3 heteroatoms. The maximum atomic E-state index is 8.52. The van der Waals surface area contributed by atoms with Crippen LogP contribution in [0, 0.1) is 6.92 Å². The van der Waals surface area contributed by atoms with Crippen LogP contribution in [0.5, 0.6) is 0 Å². The minimum atomic E-state index is -0.500. The molecule has 0 rings (SSSR count). The Hall–Kier alpha value is 2.19. The van der Waals surface area contributed by atoms with Gasteiger partial charge in [-0.15, -0.1) is 0 Å². The molecule has 0 aliphatic carbocycles. The molecule has 0 aromatic carbocycles. The molecule has 0 aromatic rings.